The molecular weight excluding hydrogens is 244 g/mol. The molecule has 5 heteroatoms. The van der Waals surface area contributed by atoms with Gasteiger partial charge in [-0.05, 0) is 38.0 Å². The molecule has 1 fully saturated rings. The second-order valence-electron chi connectivity index (χ2n) is 5.66. The highest BCUT2D eigenvalue weighted by atomic mass is 16.2. The van der Waals surface area contributed by atoms with Crippen LogP contribution in [-0.2, 0) is 0 Å². The van der Waals surface area contributed by atoms with Crippen molar-refractivity contribution in [2.24, 2.45) is 11.8 Å². The number of rotatable bonds is 2. The van der Waals surface area contributed by atoms with Crippen LogP contribution in [0.4, 0.5) is 0 Å². The van der Waals surface area contributed by atoms with E-state index < -0.39 is 11.2 Å². The summed E-state index contributed by atoms with van der Waals surface area (Å²) >= 11 is 0. The molecule has 0 bridgehead atoms. The third-order valence-corrected chi connectivity index (χ3v) is 4.32. The summed E-state index contributed by atoms with van der Waals surface area (Å²) in [6.45, 7) is 5.68. The minimum absolute atomic E-state index is 0.0610. The van der Waals surface area contributed by atoms with Crippen LogP contribution in [-0.4, -0.2) is 15.3 Å². The first-order chi connectivity index (χ1) is 8.91. The van der Waals surface area contributed by atoms with Gasteiger partial charge in [-0.25, -0.2) is 4.79 Å². The van der Waals surface area contributed by atoms with Gasteiger partial charge in [0.1, 0.15) is 0 Å². The number of aromatic nitrogens is 2. The Bertz CT molecular complexity index is 599. The molecule has 1 N–H and O–H groups in total. The molecule has 0 aromatic carbocycles. The lowest BCUT2D eigenvalue weighted by molar-refractivity contribution is 0.101. The van der Waals surface area contributed by atoms with Crippen molar-refractivity contribution >= 4 is 5.78 Å². The van der Waals surface area contributed by atoms with Crippen LogP contribution >= 0.6 is 0 Å². The molecule has 0 amide bonds. The number of hydrogen-bond acceptors (Lipinski definition) is 3. The molecule has 0 spiro atoms. The highest BCUT2D eigenvalue weighted by molar-refractivity contribution is 5.93. The molecule has 5 nitrogen and oxygen atoms in total. The monoisotopic (exact) mass is 264 g/mol. The van der Waals surface area contributed by atoms with Gasteiger partial charge in [-0.1, -0.05) is 13.8 Å². The molecule has 3 atom stereocenters. The molecule has 1 aromatic heterocycles. The number of hydrogen-bond donors (Lipinski definition) is 1. The summed E-state index contributed by atoms with van der Waals surface area (Å²) in [5.41, 5.74) is -0.810. The largest absolute Gasteiger partial charge is 0.328 e. The Kier molecular flexibility index (Phi) is 3.73. The lowest BCUT2D eigenvalue weighted by Crippen LogP contribution is -2.42. The molecule has 1 heterocycles. The number of carbonyl (C=O) groups is 1. The van der Waals surface area contributed by atoms with Gasteiger partial charge in [0.15, 0.2) is 5.78 Å². The number of ketones is 1. The van der Waals surface area contributed by atoms with Gasteiger partial charge in [0, 0.05) is 12.2 Å². The fourth-order valence-electron chi connectivity index (χ4n) is 2.82. The van der Waals surface area contributed by atoms with Crippen molar-refractivity contribution in [2.75, 3.05) is 0 Å². The quantitative estimate of drug-likeness (QED) is 0.827. The van der Waals surface area contributed by atoms with Crippen molar-refractivity contribution in [1.82, 2.24) is 9.55 Å². The molecule has 1 aliphatic carbocycles. The maximum atomic E-state index is 12.2. The first-order valence-electron chi connectivity index (χ1n) is 6.77. The topological polar surface area (TPSA) is 71.9 Å². The Hall–Kier alpha value is -1.65. The predicted octanol–water partition coefficient (Wildman–Crippen LogP) is 1.74. The third kappa shape index (κ3) is 2.55. The molecule has 3 unspecified atom stereocenters. The molecule has 0 radical (unpaired) electrons. The molecule has 19 heavy (non-hydrogen) atoms. The minimum atomic E-state index is -0.456. The standard InChI is InChI=1S/C14H20N2O3/c1-8-4-5-11(6-9(8)2)16-13(18)12(10(3)17)7-15-14(16)19/h7-9,11H,4-6H2,1-3H3,(H,15,19). The second-order valence-corrected chi connectivity index (χ2v) is 5.66. The van der Waals surface area contributed by atoms with Crippen LogP contribution in [0.25, 0.3) is 0 Å². The van der Waals surface area contributed by atoms with Gasteiger partial charge >= 0.3 is 5.69 Å². The van der Waals surface area contributed by atoms with E-state index in [0.717, 1.165) is 19.3 Å². The van der Waals surface area contributed by atoms with Crippen molar-refractivity contribution in [3.05, 3.63) is 32.6 Å². The molecule has 0 saturated heterocycles. The van der Waals surface area contributed by atoms with E-state index in [4.69, 9.17) is 0 Å². The fourth-order valence-corrected chi connectivity index (χ4v) is 2.82. The molecule has 104 valence electrons. The summed E-state index contributed by atoms with van der Waals surface area (Å²) in [4.78, 5) is 38.0. The van der Waals surface area contributed by atoms with Crippen molar-refractivity contribution in [2.45, 2.75) is 46.1 Å². The summed E-state index contributed by atoms with van der Waals surface area (Å²) < 4.78 is 1.24. The Balaban J connectivity index is 2.45. The van der Waals surface area contributed by atoms with E-state index in [-0.39, 0.29) is 17.4 Å². The van der Waals surface area contributed by atoms with Crippen LogP contribution in [0, 0.1) is 11.8 Å². The molecule has 2 rings (SSSR count). The van der Waals surface area contributed by atoms with Gasteiger partial charge in [0.2, 0.25) is 0 Å². The number of carbonyl (C=O) groups excluding carboxylic acids is 1. The summed E-state index contributed by atoms with van der Waals surface area (Å²) in [5.74, 6) is 0.778. The minimum Gasteiger partial charge on any atom is -0.313 e. The summed E-state index contributed by atoms with van der Waals surface area (Å²) in [7, 11) is 0. The number of Topliss-reactive ketones (excluding diaryl/α,β-unsaturated/α-hetero) is 1. The Morgan fingerprint density at radius 1 is 1.26 bits per heavy atom. The van der Waals surface area contributed by atoms with Gasteiger partial charge in [-0.15, -0.1) is 0 Å². The molecule has 1 aliphatic rings. The second kappa shape index (κ2) is 5.15. The van der Waals surface area contributed by atoms with E-state index in [9.17, 15) is 14.4 Å². The SMILES string of the molecule is CC(=O)c1c[nH]c(=O)n(C2CCC(C)C(C)C2)c1=O. The average molecular weight is 264 g/mol. The highest BCUT2D eigenvalue weighted by Crippen LogP contribution is 2.34. The van der Waals surface area contributed by atoms with E-state index in [1.807, 2.05) is 0 Å². The van der Waals surface area contributed by atoms with Gasteiger partial charge in [-0.3, -0.25) is 14.2 Å². The van der Waals surface area contributed by atoms with E-state index in [1.165, 1.54) is 17.7 Å². The normalized spacial score (nSPS) is 27.2. The van der Waals surface area contributed by atoms with Crippen LogP contribution in [0.3, 0.4) is 0 Å². The van der Waals surface area contributed by atoms with Crippen molar-refractivity contribution in [3.8, 4) is 0 Å². The Labute approximate surface area is 111 Å². The number of nitrogens with zero attached hydrogens (tertiary/aromatic N) is 1. The molecule has 1 saturated carbocycles. The van der Waals surface area contributed by atoms with Crippen molar-refractivity contribution in [3.63, 3.8) is 0 Å². The Morgan fingerprint density at radius 2 is 1.95 bits per heavy atom. The number of nitrogens with one attached hydrogen (secondary N) is 1. The van der Waals surface area contributed by atoms with Crippen LogP contribution < -0.4 is 11.2 Å². The zero-order valence-corrected chi connectivity index (χ0v) is 11.6. The van der Waals surface area contributed by atoms with Crippen molar-refractivity contribution in [1.29, 1.82) is 0 Å². The van der Waals surface area contributed by atoms with E-state index in [1.54, 1.807) is 0 Å². The third-order valence-electron chi connectivity index (χ3n) is 4.32. The number of H-pyrrole nitrogens is 1. The summed E-state index contributed by atoms with van der Waals surface area (Å²) in [6, 6.07) is -0.0956. The zero-order chi connectivity index (χ0) is 14.2. The predicted molar refractivity (Wildman–Crippen MR) is 72.5 cm³/mol. The van der Waals surface area contributed by atoms with Crippen LogP contribution in [0.15, 0.2) is 15.8 Å². The van der Waals surface area contributed by atoms with Gasteiger partial charge < -0.3 is 4.98 Å². The molecular formula is C14H20N2O3. The fraction of sp³-hybridized carbons (Fsp3) is 0.643. The summed E-state index contributed by atoms with van der Waals surface area (Å²) in [5, 5.41) is 0. The zero-order valence-electron chi connectivity index (χ0n) is 11.6. The number of aromatic amines is 1. The average Bonchev–Trinajstić information content (AvgIpc) is 2.33. The molecule has 0 aliphatic heterocycles. The maximum Gasteiger partial charge on any atom is 0.328 e. The van der Waals surface area contributed by atoms with Gasteiger partial charge in [0.05, 0.1) is 5.56 Å². The molecule has 1 aromatic rings. The first kappa shape index (κ1) is 13.8. The summed E-state index contributed by atoms with van der Waals surface area (Å²) in [6.07, 6.45) is 3.85. The van der Waals surface area contributed by atoms with E-state index in [2.05, 4.69) is 18.8 Å². The Morgan fingerprint density at radius 3 is 2.53 bits per heavy atom. The first-order valence-corrected chi connectivity index (χ1v) is 6.77. The lowest BCUT2D eigenvalue weighted by atomic mass is 9.79. The maximum absolute atomic E-state index is 12.2. The van der Waals surface area contributed by atoms with E-state index >= 15 is 0 Å². The van der Waals surface area contributed by atoms with Gasteiger partial charge in [0.25, 0.3) is 5.56 Å². The highest BCUT2D eigenvalue weighted by Gasteiger charge is 2.28. The van der Waals surface area contributed by atoms with E-state index in [0.29, 0.717) is 11.8 Å². The van der Waals surface area contributed by atoms with Crippen molar-refractivity contribution < 1.29 is 4.79 Å². The smallest absolute Gasteiger partial charge is 0.313 e. The lowest BCUT2D eigenvalue weighted by Gasteiger charge is -2.32. The van der Waals surface area contributed by atoms with Crippen LogP contribution in [0.5, 0.6) is 0 Å². The van der Waals surface area contributed by atoms with Crippen LogP contribution in [0.2, 0.25) is 0 Å². The van der Waals surface area contributed by atoms with Crippen LogP contribution in [0.1, 0.15) is 56.4 Å². The van der Waals surface area contributed by atoms with Gasteiger partial charge in [-0.2, -0.15) is 0 Å².